The number of carbonyl (C=O) groups is 3. The zero-order valence-corrected chi connectivity index (χ0v) is 14.0. The molecule has 3 rings (SSSR count). The number of nitrogens with zero attached hydrogens (tertiary/aromatic N) is 1. The molecular weight excluding hydrogens is 374 g/mol. The molecule has 1 N–H and O–H groups in total. The number of amides is 1. The first-order valence-electron chi connectivity index (χ1n) is 7.11. The van der Waals surface area contributed by atoms with Gasteiger partial charge in [-0.25, -0.2) is 4.79 Å². The molecule has 5 nitrogen and oxygen atoms in total. The highest BCUT2D eigenvalue weighted by atomic mass is 79.9. The fourth-order valence-electron chi connectivity index (χ4n) is 2.52. The number of hydrogen-bond donors (Lipinski definition) is 1. The lowest BCUT2D eigenvalue weighted by molar-refractivity contribution is -0.131. The standard InChI is InChI=1S/C18H12BrNO4/c19-13-5-1-12(2-6-13)10-20-15-7-3-11(4-8-16(21)22)9-14(15)17(23)18(20)24/h1-9H,10H2,(H,21,22)/b8-4+. The van der Waals surface area contributed by atoms with E-state index in [-0.39, 0.29) is 0 Å². The molecule has 0 saturated carbocycles. The third kappa shape index (κ3) is 3.14. The largest absolute Gasteiger partial charge is 0.478 e. The molecule has 0 bridgehead atoms. The third-order valence-electron chi connectivity index (χ3n) is 3.67. The summed E-state index contributed by atoms with van der Waals surface area (Å²) in [5, 5.41) is 8.67. The highest BCUT2D eigenvalue weighted by Crippen LogP contribution is 2.31. The lowest BCUT2D eigenvalue weighted by atomic mass is 10.1. The zero-order valence-electron chi connectivity index (χ0n) is 12.4. The van der Waals surface area contributed by atoms with Crippen molar-refractivity contribution in [3.05, 3.63) is 69.7 Å². The van der Waals surface area contributed by atoms with Crippen LogP contribution in [0.5, 0.6) is 0 Å². The number of halogens is 1. The van der Waals surface area contributed by atoms with Crippen LogP contribution in [0.2, 0.25) is 0 Å². The maximum Gasteiger partial charge on any atom is 0.328 e. The van der Waals surface area contributed by atoms with Crippen molar-refractivity contribution in [1.82, 2.24) is 0 Å². The summed E-state index contributed by atoms with van der Waals surface area (Å²) in [7, 11) is 0. The van der Waals surface area contributed by atoms with Crippen molar-refractivity contribution in [2.75, 3.05) is 4.90 Å². The van der Waals surface area contributed by atoms with E-state index in [1.165, 1.54) is 17.0 Å². The Morgan fingerprint density at radius 1 is 1.12 bits per heavy atom. The number of carboxylic acid groups (broad SMARTS) is 1. The summed E-state index contributed by atoms with van der Waals surface area (Å²) in [5.74, 6) is -2.23. The summed E-state index contributed by atoms with van der Waals surface area (Å²) in [6.45, 7) is 0.301. The number of rotatable bonds is 4. The number of anilines is 1. The van der Waals surface area contributed by atoms with Crippen molar-refractivity contribution in [3.8, 4) is 0 Å². The highest BCUT2D eigenvalue weighted by molar-refractivity contribution is 9.10. The van der Waals surface area contributed by atoms with Crippen molar-refractivity contribution in [2.45, 2.75) is 6.54 Å². The van der Waals surface area contributed by atoms with E-state index in [4.69, 9.17) is 5.11 Å². The molecule has 0 aromatic heterocycles. The third-order valence-corrected chi connectivity index (χ3v) is 4.20. The zero-order chi connectivity index (χ0) is 17.3. The number of benzene rings is 2. The number of aliphatic carboxylic acids is 1. The van der Waals surface area contributed by atoms with Crippen LogP contribution >= 0.6 is 15.9 Å². The molecule has 2 aromatic carbocycles. The summed E-state index contributed by atoms with van der Waals surface area (Å²) >= 11 is 3.36. The van der Waals surface area contributed by atoms with Gasteiger partial charge in [0.2, 0.25) is 0 Å². The molecule has 0 aliphatic carbocycles. The van der Waals surface area contributed by atoms with Crippen molar-refractivity contribution in [1.29, 1.82) is 0 Å². The van der Waals surface area contributed by atoms with Gasteiger partial charge in [-0.15, -0.1) is 0 Å². The fourth-order valence-corrected chi connectivity index (χ4v) is 2.78. The summed E-state index contributed by atoms with van der Waals surface area (Å²) < 4.78 is 0.935. The van der Waals surface area contributed by atoms with Gasteiger partial charge in [-0.05, 0) is 41.5 Å². The number of Topliss-reactive ketones (excluding diaryl/α,β-unsaturated/α-hetero) is 1. The Bertz CT molecular complexity index is 871. The fraction of sp³-hybridized carbons (Fsp3) is 0.0556. The van der Waals surface area contributed by atoms with Gasteiger partial charge in [-0.3, -0.25) is 9.59 Å². The van der Waals surface area contributed by atoms with Gasteiger partial charge in [0, 0.05) is 10.5 Å². The van der Waals surface area contributed by atoms with E-state index in [0.29, 0.717) is 23.4 Å². The normalized spacial score (nSPS) is 13.6. The minimum atomic E-state index is -1.07. The molecule has 2 aromatic rings. The molecule has 120 valence electrons. The second-order valence-corrected chi connectivity index (χ2v) is 6.21. The van der Waals surface area contributed by atoms with Gasteiger partial charge < -0.3 is 10.0 Å². The lowest BCUT2D eigenvalue weighted by Gasteiger charge is -2.16. The van der Waals surface area contributed by atoms with Crippen molar-refractivity contribution < 1.29 is 19.5 Å². The van der Waals surface area contributed by atoms with Gasteiger partial charge in [0.05, 0.1) is 17.8 Å². The number of carbonyl (C=O) groups excluding carboxylic acids is 2. The predicted molar refractivity (Wildman–Crippen MR) is 92.8 cm³/mol. The Balaban J connectivity index is 1.92. The molecule has 1 aliphatic heterocycles. The molecule has 0 spiro atoms. The SMILES string of the molecule is O=C(O)/C=C/c1ccc2c(c1)C(=O)C(=O)N2Cc1ccc(Br)cc1. The van der Waals surface area contributed by atoms with E-state index in [9.17, 15) is 14.4 Å². The van der Waals surface area contributed by atoms with E-state index in [2.05, 4.69) is 15.9 Å². The van der Waals surface area contributed by atoms with Gasteiger partial charge in [-0.1, -0.05) is 34.1 Å². The summed E-state index contributed by atoms with van der Waals surface area (Å²) in [5.41, 5.74) is 2.30. The Kier molecular flexibility index (Phi) is 4.31. The van der Waals surface area contributed by atoms with Crippen LogP contribution in [0, 0.1) is 0 Å². The van der Waals surface area contributed by atoms with Crippen molar-refractivity contribution in [2.24, 2.45) is 0 Å². The van der Waals surface area contributed by atoms with Crippen LogP contribution in [-0.4, -0.2) is 22.8 Å². The second kappa shape index (κ2) is 6.41. The van der Waals surface area contributed by atoms with Crippen LogP contribution in [0.25, 0.3) is 6.08 Å². The van der Waals surface area contributed by atoms with Gasteiger partial charge in [0.25, 0.3) is 11.7 Å². The molecule has 0 atom stereocenters. The van der Waals surface area contributed by atoms with Crippen LogP contribution in [0.4, 0.5) is 5.69 Å². The molecular formula is C18H12BrNO4. The van der Waals surface area contributed by atoms with Crippen LogP contribution in [-0.2, 0) is 16.1 Å². The van der Waals surface area contributed by atoms with Crippen LogP contribution < -0.4 is 4.90 Å². The monoisotopic (exact) mass is 385 g/mol. The molecule has 1 aliphatic rings. The average Bonchev–Trinajstić information content (AvgIpc) is 2.80. The van der Waals surface area contributed by atoms with Gasteiger partial charge >= 0.3 is 5.97 Å². The number of fused-ring (bicyclic) bond motifs is 1. The van der Waals surface area contributed by atoms with Crippen molar-refractivity contribution >= 4 is 45.4 Å². The quantitative estimate of drug-likeness (QED) is 0.647. The second-order valence-electron chi connectivity index (χ2n) is 5.30. The molecule has 0 radical (unpaired) electrons. The Hall–Kier alpha value is -2.73. The first-order valence-corrected chi connectivity index (χ1v) is 7.91. The van der Waals surface area contributed by atoms with Crippen LogP contribution in [0.1, 0.15) is 21.5 Å². The summed E-state index contributed by atoms with van der Waals surface area (Å²) in [6.07, 6.45) is 2.38. The minimum Gasteiger partial charge on any atom is -0.478 e. The van der Waals surface area contributed by atoms with Gasteiger partial charge in [0.1, 0.15) is 0 Å². The molecule has 24 heavy (non-hydrogen) atoms. The molecule has 6 heteroatoms. The van der Waals surface area contributed by atoms with Gasteiger partial charge in [0.15, 0.2) is 0 Å². The van der Waals surface area contributed by atoms with E-state index >= 15 is 0 Å². The average molecular weight is 386 g/mol. The van der Waals surface area contributed by atoms with E-state index in [1.807, 2.05) is 24.3 Å². The maximum atomic E-state index is 12.3. The van der Waals surface area contributed by atoms with Gasteiger partial charge in [-0.2, -0.15) is 0 Å². The smallest absolute Gasteiger partial charge is 0.328 e. The number of hydrogen-bond acceptors (Lipinski definition) is 3. The number of ketones is 1. The number of carboxylic acids is 1. The summed E-state index contributed by atoms with van der Waals surface area (Å²) in [4.78, 5) is 36.5. The van der Waals surface area contributed by atoms with E-state index < -0.39 is 17.7 Å². The Labute approximate surface area is 146 Å². The first kappa shape index (κ1) is 16.1. The van der Waals surface area contributed by atoms with Crippen molar-refractivity contribution in [3.63, 3.8) is 0 Å². The summed E-state index contributed by atoms with van der Waals surface area (Å²) in [6, 6.07) is 12.4. The topological polar surface area (TPSA) is 74.7 Å². The Morgan fingerprint density at radius 3 is 2.50 bits per heavy atom. The van der Waals surface area contributed by atoms with Crippen LogP contribution in [0.15, 0.2) is 53.0 Å². The molecule has 1 amide bonds. The first-order chi connectivity index (χ1) is 11.5. The minimum absolute atomic E-state index is 0.296. The molecule has 0 saturated heterocycles. The molecule has 1 heterocycles. The Morgan fingerprint density at radius 2 is 1.83 bits per heavy atom. The molecule has 0 unspecified atom stereocenters. The van der Waals surface area contributed by atoms with E-state index in [0.717, 1.165) is 16.1 Å². The highest BCUT2D eigenvalue weighted by Gasteiger charge is 2.35. The lowest BCUT2D eigenvalue weighted by Crippen LogP contribution is -2.29. The maximum absolute atomic E-state index is 12.3. The van der Waals surface area contributed by atoms with Crippen LogP contribution in [0.3, 0.4) is 0 Å². The molecule has 0 fully saturated rings. The van der Waals surface area contributed by atoms with E-state index in [1.54, 1.807) is 12.1 Å². The predicted octanol–water partition coefficient (Wildman–Crippen LogP) is 3.28.